The molecule has 0 fully saturated rings. The van der Waals surface area contributed by atoms with Crippen molar-refractivity contribution in [3.05, 3.63) is 39.8 Å². The van der Waals surface area contributed by atoms with E-state index in [4.69, 9.17) is 30.0 Å². The van der Waals surface area contributed by atoms with Crippen molar-refractivity contribution in [2.75, 3.05) is 59.2 Å². The molecule has 0 bridgehead atoms. The summed E-state index contributed by atoms with van der Waals surface area (Å²) < 4.78 is 16.4. The summed E-state index contributed by atoms with van der Waals surface area (Å²) in [5, 5.41) is 51.6. The van der Waals surface area contributed by atoms with Gasteiger partial charge in [-0.3, -0.25) is 33.6 Å². The molecule has 5 amide bonds. The lowest BCUT2D eigenvalue weighted by Gasteiger charge is -2.14. The van der Waals surface area contributed by atoms with Crippen LogP contribution in [0, 0.1) is 0 Å². The topological polar surface area (TPSA) is 371 Å². The first-order valence-electron chi connectivity index (χ1n) is 18.9. The summed E-state index contributed by atoms with van der Waals surface area (Å²) >= 11 is 0. The fraction of sp³-hybridized carbons (Fsp3) is 0.583. The van der Waals surface area contributed by atoms with Crippen LogP contribution in [-0.2, 0) is 43.0 Å². The third kappa shape index (κ3) is 25.0. The average Bonchev–Trinajstić information content (AvgIpc) is 3.19. The second-order valence-electron chi connectivity index (χ2n) is 12.7. The number of azide groups is 1. The maximum atomic E-state index is 13.1. The summed E-state index contributed by atoms with van der Waals surface area (Å²) in [6.07, 6.45) is 0.253. The van der Waals surface area contributed by atoms with Crippen LogP contribution in [0.3, 0.4) is 0 Å². The van der Waals surface area contributed by atoms with E-state index in [0.717, 1.165) is 0 Å². The molecule has 1 rings (SSSR count). The van der Waals surface area contributed by atoms with Crippen LogP contribution < -0.4 is 31.3 Å². The second-order valence-corrected chi connectivity index (χ2v) is 12.7. The van der Waals surface area contributed by atoms with Crippen LogP contribution in [0.25, 0.3) is 10.4 Å². The van der Waals surface area contributed by atoms with Crippen LogP contribution in [0.5, 0.6) is 5.75 Å². The minimum atomic E-state index is -1.38. The van der Waals surface area contributed by atoms with Gasteiger partial charge in [-0.25, -0.2) is 9.59 Å². The normalized spacial score (nSPS) is 11.5. The quantitative estimate of drug-likeness (QED) is 0.0193. The monoisotopic (exact) mass is 852 g/mol. The SMILES string of the molecule is [N-]=[N+]=NCCCCCC(=O)NCCOc1cc(C(=O)NCCOCCC(=O)NC(CCC(=O)O)C(=O)O)cc(C(=O)NCCOCCC(=O)NC(CCC(=O)O)C(=O)O)c1. The fourth-order valence-electron chi connectivity index (χ4n) is 4.88. The van der Waals surface area contributed by atoms with Gasteiger partial charge in [0, 0.05) is 67.8 Å². The summed E-state index contributed by atoms with van der Waals surface area (Å²) in [6.45, 7) is 0.00610. The van der Waals surface area contributed by atoms with Crippen LogP contribution in [0.1, 0.15) is 84.9 Å². The molecule has 0 aliphatic carbocycles. The van der Waals surface area contributed by atoms with Gasteiger partial charge in [0.1, 0.15) is 24.4 Å². The van der Waals surface area contributed by atoms with E-state index in [-0.39, 0.29) is 108 Å². The van der Waals surface area contributed by atoms with E-state index in [1.54, 1.807) is 0 Å². The summed E-state index contributed by atoms with van der Waals surface area (Å²) in [7, 11) is 0. The number of carbonyl (C=O) groups is 9. The number of carbonyl (C=O) groups excluding carboxylic acids is 5. The van der Waals surface area contributed by atoms with Crippen molar-refractivity contribution in [2.24, 2.45) is 5.11 Å². The summed E-state index contributed by atoms with van der Waals surface area (Å²) in [4.78, 5) is 109. The van der Waals surface area contributed by atoms with Crippen LogP contribution in [-0.4, -0.2) is 145 Å². The number of amides is 5. The van der Waals surface area contributed by atoms with Gasteiger partial charge in [0.25, 0.3) is 11.8 Å². The highest BCUT2D eigenvalue weighted by molar-refractivity contribution is 6.00. The van der Waals surface area contributed by atoms with E-state index in [9.17, 15) is 53.4 Å². The van der Waals surface area contributed by atoms with Crippen molar-refractivity contribution >= 4 is 53.4 Å². The highest BCUT2D eigenvalue weighted by Crippen LogP contribution is 2.18. The molecular formula is C36H52N8O16. The number of hydrogen-bond acceptors (Lipinski definition) is 13. The van der Waals surface area contributed by atoms with Gasteiger partial charge in [-0.1, -0.05) is 11.5 Å². The third-order valence-electron chi connectivity index (χ3n) is 7.92. The number of unbranched alkanes of at least 4 members (excludes halogenated alkanes) is 2. The molecular weight excluding hydrogens is 800 g/mol. The maximum absolute atomic E-state index is 13.1. The fourth-order valence-corrected chi connectivity index (χ4v) is 4.88. The molecule has 1 aromatic carbocycles. The Balaban J connectivity index is 2.73. The molecule has 0 spiro atoms. The lowest BCUT2D eigenvalue weighted by atomic mass is 10.1. The molecule has 0 aliphatic heterocycles. The Hall–Kier alpha value is -6.52. The molecule has 2 atom stereocenters. The van der Waals surface area contributed by atoms with Crippen LogP contribution in [0.2, 0.25) is 0 Å². The Kier molecular flexibility index (Phi) is 26.2. The number of rotatable bonds is 34. The maximum Gasteiger partial charge on any atom is 0.326 e. The average molecular weight is 853 g/mol. The number of hydrogen-bond donors (Lipinski definition) is 9. The zero-order chi connectivity index (χ0) is 44.7. The molecule has 0 aliphatic rings. The molecule has 60 heavy (non-hydrogen) atoms. The highest BCUT2D eigenvalue weighted by atomic mass is 16.5. The summed E-state index contributed by atoms with van der Waals surface area (Å²) in [6, 6.07) is 1.28. The molecule has 0 heterocycles. The first-order valence-corrected chi connectivity index (χ1v) is 18.9. The number of nitrogens with one attached hydrogen (secondary N) is 5. The molecule has 2 unspecified atom stereocenters. The first-order chi connectivity index (χ1) is 28.6. The van der Waals surface area contributed by atoms with Gasteiger partial charge in [0.05, 0.1) is 33.0 Å². The van der Waals surface area contributed by atoms with E-state index in [1.807, 2.05) is 0 Å². The van der Waals surface area contributed by atoms with Crippen molar-refractivity contribution in [3.8, 4) is 5.75 Å². The molecule has 9 N–H and O–H groups in total. The van der Waals surface area contributed by atoms with Gasteiger partial charge in [0.15, 0.2) is 0 Å². The summed E-state index contributed by atoms with van der Waals surface area (Å²) in [5.41, 5.74) is 8.36. The lowest BCUT2D eigenvalue weighted by molar-refractivity contribution is -0.144. The molecule has 24 heteroatoms. The smallest absolute Gasteiger partial charge is 0.326 e. The molecule has 0 aromatic heterocycles. The van der Waals surface area contributed by atoms with Gasteiger partial charge >= 0.3 is 23.9 Å². The van der Waals surface area contributed by atoms with Crippen LogP contribution >= 0.6 is 0 Å². The number of carboxylic acid groups (broad SMARTS) is 4. The van der Waals surface area contributed by atoms with E-state index >= 15 is 0 Å². The van der Waals surface area contributed by atoms with Gasteiger partial charge in [0.2, 0.25) is 17.7 Å². The number of nitrogens with zero attached hydrogens (tertiary/aromatic N) is 3. The van der Waals surface area contributed by atoms with Crippen molar-refractivity contribution in [2.45, 2.75) is 76.3 Å². The first kappa shape index (κ1) is 51.5. The van der Waals surface area contributed by atoms with E-state index in [2.05, 4.69) is 36.6 Å². The predicted octanol–water partition coefficient (Wildman–Crippen LogP) is 0.194. The molecule has 332 valence electrons. The largest absolute Gasteiger partial charge is 0.492 e. The van der Waals surface area contributed by atoms with Crippen LogP contribution in [0.4, 0.5) is 0 Å². The number of aliphatic carboxylic acids is 4. The van der Waals surface area contributed by atoms with Gasteiger partial charge in [-0.05, 0) is 49.4 Å². The standard InChI is InChI=1S/C36H52N8O16/c37-44-41-11-3-1-2-4-28(45)38-14-19-60-25-21-23(33(52)39-12-17-58-15-9-29(46)42-26(35(54)55)5-7-31(48)49)20-24(22-25)34(53)40-13-18-59-16-10-30(47)43-27(36(56)57)6-8-32(50)51/h20-22,26-27H,1-19H2,(H,38,45)(H,39,52)(H,40,53)(H,42,46)(H,43,47)(H,48,49)(H,50,51)(H,54,55)(H,56,57). The Morgan fingerprint density at radius 2 is 1.07 bits per heavy atom. The van der Waals surface area contributed by atoms with Gasteiger partial charge in [-0.15, -0.1) is 0 Å². The second kappa shape index (κ2) is 30.5. The lowest BCUT2D eigenvalue weighted by Crippen LogP contribution is -2.41. The van der Waals surface area contributed by atoms with E-state index < -0.39 is 72.4 Å². The number of carboxylic acids is 4. The van der Waals surface area contributed by atoms with Crippen molar-refractivity contribution in [3.63, 3.8) is 0 Å². The van der Waals surface area contributed by atoms with Gasteiger partial charge < -0.3 is 61.2 Å². The minimum absolute atomic E-state index is 0.0167. The zero-order valence-electron chi connectivity index (χ0n) is 32.9. The molecule has 0 saturated heterocycles. The highest BCUT2D eigenvalue weighted by Gasteiger charge is 2.22. The molecule has 1 aromatic rings. The van der Waals surface area contributed by atoms with Gasteiger partial charge in [-0.2, -0.15) is 0 Å². The van der Waals surface area contributed by atoms with Crippen molar-refractivity contribution in [1.29, 1.82) is 0 Å². The molecule has 0 saturated carbocycles. The van der Waals surface area contributed by atoms with Crippen LogP contribution in [0.15, 0.2) is 23.3 Å². The molecule has 24 nitrogen and oxygen atoms in total. The van der Waals surface area contributed by atoms with Crippen molar-refractivity contribution < 1.29 is 77.8 Å². The minimum Gasteiger partial charge on any atom is -0.492 e. The Morgan fingerprint density at radius 1 is 0.583 bits per heavy atom. The molecule has 0 radical (unpaired) electrons. The third-order valence-corrected chi connectivity index (χ3v) is 7.92. The van der Waals surface area contributed by atoms with E-state index in [0.29, 0.717) is 25.8 Å². The Morgan fingerprint density at radius 3 is 1.52 bits per heavy atom. The predicted molar refractivity (Wildman–Crippen MR) is 206 cm³/mol. The summed E-state index contributed by atoms with van der Waals surface area (Å²) in [5.74, 6) is -7.87. The Bertz CT molecular complexity index is 1580. The Labute approximate surface area is 343 Å². The zero-order valence-corrected chi connectivity index (χ0v) is 32.9. The number of ether oxygens (including phenoxy) is 3. The van der Waals surface area contributed by atoms with Crippen molar-refractivity contribution in [1.82, 2.24) is 26.6 Å². The number of benzene rings is 1. The van der Waals surface area contributed by atoms with E-state index in [1.165, 1.54) is 18.2 Å².